The Morgan fingerprint density at radius 1 is 1.33 bits per heavy atom. The number of hydrogen-bond acceptors (Lipinski definition) is 4. The summed E-state index contributed by atoms with van der Waals surface area (Å²) in [5.41, 5.74) is 1.33. The molecule has 1 saturated heterocycles. The van der Waals surface area contributed by atoms with Crippen LogP contribution in [0.1, 0.15) is 28.9 Å². The summed E-state index contributed by atoms with van der Waals surface area (Å²) >= 11 is 0. The Balaban J connectivity index is 1.71. The minimum absolute atomic E-state index is 0.0354. The number of piperidine rings is 1. The molecule has 1 amide bonds. The monoisotopic (exact) mass is 347 g/mol. The van der Waals surface area contributed by atoms with Crippen LogP contribution in [0.4, 0.5) is 0 Å². The molecule has 6 nitrogen and oxygen atoms in total. The van der Waals surface area contributed by atoms with Gasteiger partial charge in [-0.05, 0) is 37.3 Å². The molecule has 0 spiro atoms. The van der Waals surface area contributed by atoms with Crippen molar-refractivity contribution in [2.45, 2.75) is 24.2 Å². The second-order valence-corrected chi connectivity index (χ2v) is 8.30. The molecular formula is C17H21N3O3S. The summed E-state index contributed by atoms with van der Waals surface area (Å²) in [5, 5.41) is 6.67. The van der Waals surface area contributed by atoms with E-state index in [0.717, 1.165) is 19.4 Å². The summed E-state index contributed by atoms with van der Waals surface area (Å²) in [7, 11) is -3.29. The average molecular weight is 347 g/mol. The highest BCUT2D eigenvalue weighted by molar-refractivity contribution is 7.90. The van der Waals surface area contributed by atoms with Gasteiger partial charge in [-0.3, -0.25) is 9.89 Å². The van der Waals surface area contributed by atoms with Gasteiger partial charge in [-0.1, -0.05) is 18.2 Å². The van der Waals surface area contributed by atoms with E-state index in [1.807, 2.05) is 35.2 Å². The highest BCUT2D eigenvalue weighted by Crippen LogP contribution is 2.24. The molecule has 0 bridgehead atoms. The van der Waals surface area contributed by atoms with Crippen molar-refractivity contribution in [3.05, 3.63) is 47.8 Å². The van der Waals surface area contributed by atoms with Crippen molar-refractivity contribution >= 4 is 15.7 Å². The number of hydrogen-bond donors (Lipinski definition) is 1. The van der Waals surface area contributed by atoms with Crippen LogP contribution in [0.25, 0.3) is 0 Å². The molecule has 0 radical (unpaired) electrons. The minimum atomic E-state index is -3.29. The average Bonchev–Trinajstić information content (AvgIpc) is 3.04. The van der Waals surface area contributed by atoms with Crippen molar-refractivity contribution in [3.63, 3.8) is 0 Å². The summed E-state index contributed by atoms with van der Waals surface area (Å²) in [5.74, 6) is 0.264. The maximum absolute atomic E-state index is 12.6. The van der Waals surface area contributed by atoms with E-state index < -0.39 is 9.84 Å². The van der Waals surface area contributed by atoms with Gasteiger partial charge in [0.2, 0.25) is 0 Å². The molecule has 1 N–H and O–H groups in total. The first-order valence-electron chi connectivity index (χ1n) is 8.02. The Kier molecular flexibility index (Phi) is 4.71. The molecule has 7 heteroatoms. The molecule has 1 fully saturated rings. The molecule has 2 aromatic rings. The summed E-state index contributed by atoms with van der Waals surface area (Å²) in [6.45, 7) is 1.38. The number of aromatic amines is 1. The van der Waals surface area contributed by atoms with Crippen molar-refractivity contribution in [1.82, 2.24) is 15.1 Å². The summed E-state index contributed by atoms with van der Waals surface area (Å²) in [4.78, 5) is 14.7. The zero-order valence-electron chi connectivity index (χ0n) is 13.6. The number of nitrogens with one attached hydrogen (secondary N) is 1. The van der Waals surface area contributed by atoms with Crippen LogP contribution in [-0.2, 0) is 16.3 Å². The number of aromatic nitrogens is 2. The van der Waals surface area contributed by atoms with Crippen LogP contribution in [-0.4, -0.2) is 48.8 Å². The second-order valence-electron chi connectivity index (χ2n) is 6.31. The number of nitrogens with zero attached hydrogens (tertiary/aromatic N) is 2. The first-order chi connectivity index (χ1) is 11.4. The molecule has 3 rings (SSSR count). The summed E-state index contributed by atoms with van der Waals surface area (Å²) in [6, 6.07) is 9.25. The number of H-pyrrole nitrogens is 1. The van der Waals surface area contributed by atoms with E-state index in [-0.39, 0.29) is 16.7 Å². The van der Waals surface area contributed by atoms with Crippen molar-refractivity contribution in [2.75, 3.05) is 19.3 Å². The first-order valence-corrected chi connectivity index (χ1v) is 9.91. The van der Waals surface area contributed by atoms with Crippen molar-refractivity contribution < 1.29 is 13.2 Å². The van der Waals surface area contributed by atoms with Crippen LogP contribution >= 0.6 is 0 Å². The van der Waals surface area contributed by atoms with Crippen molar-refractivity contribution in [1.29, 1.82) is 0 Å². The Labute approximate surface area is 141 Å². The van der Waals surface area contributed by atoms with Crippen LogP contribution in [0.3, 0.4) is 0 Å². The molecule has 1 aliphatic rings. The normalized spacial score (nSPS) is 18.5. The predicted molar refractivity (Wildman–Crippen MR) is 90.5 cm³/mol. The van der Waals surface area contributed by atoms with E-state index >= 15 is 0 Å². The largest absolute Gasteiger partial charge is 0.338 e. The van der Waals surface area contributed by atoms with Crippen molar-refractivity contribution in [2.24, 2.45) is 5.92 Å². The van der Waals surface area contributed by atoms with Gasteiger partial charge < -0.3 is 4.90 Å². The molecule has 1 aromatic carbocycles. The lowest BCUT2D eigenvalue weighted by atomic mass is 9.93. The fraction of sp³-hybridized carbons (Fsp3) is 0.412. The molecule has 1 aromatic heterocycles. The first kappa shape index (κ1) is 16.7. The lowest BCUT2D eigenvalue weighted by Crippen LogP contribution is -2.40. The molecule has 1 atom stereocenters. The third-order valence-corrected chi connectivity index (χ3v) is 5.55. The van der Waals surface area contributed by atoms with Crippen LogP contribution in [0.15, 0.2) is 41.4 Å². The van der Waals surface area contributed by atoms with E-state index in [2.05, 4.69) is 10.2 Å². The number of carbonyl (C=O) groups excluding carboxylic acids is 1. The van der Waals surface area contributed by atoms with Crippen LogP contribution in [0, 0.1) is 5.92 Å². The number of sulfone groups is 1. The van der Waals surface area contributed by atoms with Gasteiger partial charge in [0.1, 0.15) is 4.90 Å². The van der Waals surface area contributed by atoms with Gasteiger partial charge in [-0.15, -0.1) is 0 Å². The number of benzene rings is 1. The molecule has 128 valence electrons. The maximum Gasteiger partial charge on any atom is 0.253 e. The van der Waals surface area contributed by atoms with Gasteiger partial charge in [0.15, 0.2) is 9.84 Å². The van der Waals surface area contributed by atoms with Crippen LogP contribution in [0.5, 0.6) is 0 Å². The van der Waals surface area contributed by atoms with Gasteiger partial charge in [0, 0.05) is 24.9 Å². The van der Waals surface area contributed by atoms with Gasteiger partial charge >= 0.3 is 0 Å². The topological polar surface area (TPSA) is 83.1 Å². The number of amides is 1. The fourth-order valence-corrected chi connectivity index (χ4v) is 4.06. The number of likely N-dealkylation sites (tertiary alicyclic amines) is 1. The standard InChI is InChI=1S/C17H21N3O3S/c1-24(22,23)16-11-18-19-15(16)10-13-6-5-9-20(12-13)17(21)14-7-3-2-4-8-14/h2-4,7-8,11,13H,5-6,9-10,12H2,1H3,(H,18,19)/t13-/m1/s1. The summed E-state index contributed by atoms with van der Waals surface area (Å²) < 4.78 is 23.6. The third-order valence-electron chi connectivity index (χ3n) is 4.40. The van der Waals surface area contributed by atoms with E-state index in [4.69, 9.17) is 0 Å². The molecule has 0 unspecified atom stereocenters. The lowest BCUT2D eigenvalue weighted by molar-refractivity contribution is 0.0672. The predicted octanol–water partition coefficient (Wildman–Crippen LogP) is 1.91. The third kappa shape index (κ3) is 3.67. The smallest absolute Gasteiger partial charge is 0.253 e. The lowest BCUT2D eigenvalue weighted by Gasteiger charge is -2.32. The molecule has 0 aliphatic carbocycles. The van der Waals surface area contributed by atoms with E-state index in [1.165, 1.54) is 12.5 Å². The molecular weight excluding hydrogens is 326 g/mol. The van der Waals surface area contributed by atoms with Crippen LogP contribution < -0.4 is 0 Å². The zero-order chi connectivity index (χ0) is 17.2. The molecule has 0 saturated carbocycles. The number of carbonyl (C=O) groups is 1. The quantitative estimate of drug-likeness (QED) is 0.916. The van der Waals surface area contributed by atoms with E-state index in [0.29, 0.717) is 24.2 Å². The highest BCUT2D eigenvalue weighted by atomic mass is 32.2. The van der Waals surface area contributed by atoms with E-state index in [1.54, 1.807) is 0 Å². The zero-order valence-corrected chi connectivity index (χ0v) is 14.4. The molecule has 2 heterocycles. The Morgan fingerprint density at radius 2 is 2.08 bits per heavy atom. The number of rotatable bonds is 4. The van der Waals surface area contributed by atoms with E-state index in [9.17, 15) is 13.2 Å². The Morgan fingerprint density at radius 3 is 2.79 bits per heavy atom. The molecule has 1 aliphatic heterocycles. The van der Waals surface area contributed by atoms with Crippen LogP contribution in [0.2, 0.25) is 0 Å². The second kappa shape index (κ2) is 6.76. The van der Waals surface area contributed by atoms with Gasteiger partial charge in [0.25, 0.3) is 5.91 Å². The minimum Gasteiger partial charge on any atom is -0.338 e. The molecule has 24 heavy (non-hydrogen) atoms. The van der Waals surface area contributed by atoms with Gasteiger partial charge in [-0.2, -0.15) is 5.10 Å². The maximum atomic E-state index is 12.6. The summed E-state index contributed by atoms with van der Waals surface area (Å²) in [6.07, 6.45) is 5.03. The van der Waals surface area contributed by atoms with Crippen molar-refractivity contribution in [3.8, 4) is 0 Å². The fourth-order valence-electron chi connectivity index (χ4n) is 3.24. The Bertz CT molecular complexity index is 815. The van der Waals surface area contributed by atoms with Gasteiger partial charge in [0.05, 0.1) is 11.9 Å². The highest BCUT2D eigenvalue weighted by Gasteiger charge is 2.26. The van der Waals surface area contributed by atoms with Gasteiger partial charge in [-0.25, -0.2) is 8.42 Å². The SMILES string of the molecule is CS(=O)(=O)c1cn[nH]c1C[C@H]1CCCN(C(=O)c2ccccc2)C1. The Hall–Kier alpha value is -2.15.